The van der Waals surface area contributed by atoms with Gasteiger partial charge < -0.3 is 24.5 Å². The van der Waals surface area contributed by atoms with Crippen LogP contribution in [0.3, 0.4) is 0 Å². The lowest BCUT2D eigenvalue weighted by atomic mass is 9.96. The van der Waals surface area contributed by atoms with Gasteiger partial charge in [0.1, 0.15) is 0 Å². The predicted octanol–water partition coefficient (Wildman–Crippen LogP) is 7.31. The molecule has 5 heteroatoms. The summed E-state index contributed by atoms with van der Waals surface area (Å²) in [5.74, 6) is 2.72. The largest absolute Gasteiger partial charge is 0.303 e. The van der Waals surface area contributed by atoms with E-state index in [1.165, 1.54) is 142 Å². The highest BCUT2D eigenvalue weighted by atomic mass is 15.2. The van der Waals surface area contributed by atoms with Crippen LogP contribution in [-0.4, -0.2) is 121 Å². The van der Waals surface area contributed by atoms with Gasteiger partial charge in [0.05, 0.1) is 0 Å². The van der Waals surface area contributed by atoms with Crippen molar-refractivity contribution in [2.45, 2.75) is 150 Å². The molecule has 0 aromatic rings. The van der Waals surface area contributed by atoms with Gasteiger partial charge in [-0.1, -0.05) is 41.0 Å². The van der Waals surface area contributed by atoms with Crippen LogP contribution in [0.5, 0.6) is 0 Å². The average Bonchev–Trinajstić information content (AvgIpc) is 3.47. The molecule has 4 rings (SSSR count). The van der Waals surface area contributed by atoms with Crippen LogP contribution >= 0.6 is 0 Å². The summed E-state index contributed by atoms with van der Waals surface area (Å²) >= 11 is 0. The molecule has 4 heterocycles. The molecule has 4 aliphatic heterocycles. The molecule has 5 nitrogen and oxygen atoms in total. The smallest absolute Gasteiger partial charge is 0.0120 e. The van der Waals surface area contributed by atoms with E-state index in [4.69, 9.17) is 0 Å². The van der Waals surface area contributed by atoms with E-state index in [1.807, 2.05) is 0 Å². The van der Waals surface area contributed by atoms with Gasteiger partial charge in [0.2, 0.25) is 0 Å². The number of likely N-dealkylation sites (tertiary alicyclic amines) is 4. The molecule has 0 unspecified atom stereocenters. The van der Waals surface area contributed by atoms with E-state index in [0.717, 1.165) is 41.9 Å². The second-order valence-corrected chi connectivity index (χ2v) is 15.8. The molecular weight excluding hydrogens is 514 g/mol. The first-order valence-electron chi connectivity index (χ1n) is 18.8. The van der Waals surface area contributed by atoms with Gasteiger partial charge in [0.25, 0.3) is 0 Å². The van der Waals surface area contributed by atoms with E-state index in [-0.39, 0.29) is 0 Å². The molecule has 4 fully saturated rings. The Hall–Kier alpha value is -0.200. The SMILES string of the molecule is CC(C)CCCN1CCC(N(C)C2CCN(C(C)C)CC2)CC1.CC[C@@H]1CCN(C2CCN(CCCC(C)C)CC2)C1. The molecule has 0 radical (unpaired) electrons. The third-order valence-corrected chi connectivity index (χ3v) is 11.4. The molecule has 0 bridgehead atoms. The van der Waals surface area contributed by atoms with Crippen molar-refractivity contribution < 1.29 is 0 Å². The van der Waals surface area contributed by atoms with Crippen LogP contribution in [-0.2, 0) is 0 Å². The van der Waals surface area contributed by atoms with E-state index in [9.17, 15) is 0 Å². The summed E-state index contributed by atoms with van der Waals surface area (Å²) in [6, 6.07) is 3.27. The number of hydrogen-bond acceptors (Lipinski definition) is 5. The van der Waals surface area contributed by atoms with Gasteiger partial charge in [-0.15, -0.1) is 0 Å². The zero-order valence-corrected chi connectivity index (χ0v) is 29.8. The van der Waals surface area contributed by atoms with Gasteiger partial charge in [0.15, 0.2) is 0 Å². The van der Waals surface area contributed by atoms with E-state index in [0.29, 0.717) is 0 Å². The fourth-order valence-electron chi connectivity index (χ4n) is 8.14. The summed E-state index contributed by atoms with van der Waals surface area (Å²) < 4.78 is 0. The Morgan fingerprint density at radius 3 is 1.52 bits per heavy atom. The van der Waals surface area contributed by atoms with E-state index in [2.05, 4.69) is 80.0 Å². The van der Waals surface area contributed by atoms with Crippen LogP contribution in [0.2, 0.25) is 0 Å². The summed E-state index contributed by atoms with van der Waals surface area (Å²) in [6.07, 6.45) is 16.7. The summed E-state index contributed by atoms with van der Waals surface area (Å²) in [5.41, 5.74) is 0. The molecule has 4 aliphatic rings. The monoisotopic (exact) mass is 590 g/mol. The minimum atomic E-state index is 0.718. The first-order valence-corrected chi connectivity index (χ1v) is 18.8. The lowest BCUT2D eigenvalue weighted by Crippen LogP contribution is -2.51. The van der Waals surface area contributed by atoms with Crippen molar-refractivity contribution in [1.82, 2.24) is 24.5 Å². The number of piperidine rings is 3. The maximum Gasteiger partial charge on any atom is 0.0120 e. The summed E-state index contributed by atoms with van der Waals surface area (Å²) in [4.78, 5) is 13.6. The van der Waals surface area contributed by atoms with Crippen molar-refractivity contribution in [2.75, 3.05) is 72.5 Å². The molecule has 0 aliphatic carbocycles. The summed E-state index contributed by atoms with van der Waals surface area (Å²) in [7, 11) is 2.40. The molecule has 248 valence electrons. The Morgan fingerprint density at radius 1 is 0.619 bits per heavy atom. The molecule has 0 saturated carbocycles. The van der Waals surface area contributed by atoms with Crippen LogP contribution in [0.25, 0.3) is 0 Å². The topological polar surface area (TPSA) is 16.2 Å². The normalized spacial score (nSPS) is 25.3. The molecule has 1 atom stereocenters. The molecule has 0 N–H and O–H groups in total. The zero-order chi connectivity index (χ0) is 30.5. The van der Waals surface area contributed by atoms with E-state index in [1.54, 1.807) is 0 Å². The molecule has 0 amide bonds. The minimum absolute atomic E-state index is 0.718. The molecule has 4 saturated heterocycles. The highest BCUT2D eigenvalue weighted by molar-refractivity contribution is 4.87. The lowest BCUT2D eigenvalue weighted by molar-refractivity contribution is 0.0531. The highest BCUT2D eigenvalue weighted by Gasteiger charge is 2.31. The van der Waals surface area contributed by atoms with Gasteiger partial charge >= 0.3 is 0 Å². The Labute approximate surface area is 264 Å². The fourth-order valence-corrected chi connectivity index (χ4v) is 8.14. The quantitative estimate of drug-likeness (QED) is 0.223. The Bertz CT molecular complexity index is 672. The van der Waals surface area contributed by atoms with Crippen LogP contribution in [0.4, 0.5) is 0 Å². The second-order valence-electron chi connectivity index (χ2n) is 15.8. The van der Waals surface area contributed by atoms with Crippen molar-refractivity contribution in [1.29, 1.82) is 0 Å². The number of rotatable bonds is 13. The maximum absolute atomic E-state index is 2.79. The van der Waals surface area contributed by atoms with Crippen molar-refractivity contribution in [3.05, 3.63) is 0 Å². The standard InChI is InChI=1S/C20H41N3.C17H34N2/c1-17(2)7-6-12-22-13-8-19(9-14-22)21(5)20-10-15-23(16-11-20)18(3)4;1-4-16-7-13-19(14-16)17-8-11-18(12-9-17)10-5-6-15(2)3/h17-20H,6-16H2,1-5H3;15-17H,4-14H2,1-3H3/t;16-/m.1/s1. The van der Waals surface area contributed by atoms with Crippen molar-refractivity contribution in [3.8, 4) is 0 Å². The predicted molar refractivity (Wildman–Crippen MR) is 185 cm³/mol. The Morgan fingerprint density at radius 2 is 1.10 bits per heavy atom. The lowest BCUT2D eigenvalue weighted by Gasteiger charge is -2.44. The maximum atomic E-state index is 2.79. The zero-order valence-electron chi connectivity index (χ0n) is 29.8. The fraction of sp³-hybridized carbons (Fsp3) is 1.00. The average molecular weight is 590 g/mol. The van der Waals surface area contributed by atoms with Gasteiger partial charge in [-0.3, -0.25) is 0 Å². The third-order valence-electron chi connectivity index (χ3n) is 11.4. The first-order chi connectivity index (χ1) is 20.2. The molecule has 0 aromatic heterocycles. The van der Waals surface area contributed by atoms with Gasteiger partial charge in [-0.25, -0.2) is 0 Å². The second kappa shape index (κ2) is 19.3. The number of hydrogen-bond donors (Lipinski definition) is 0. The first kappa shape index (κ1) is 36.3. The van der Waals surface area contributed by atoms with Crippen molar-refractivity contribution in [2.24, 2.45) is 17.8 Å². The molecule has 0 spiro atoms. The Balaban J connectivity index is 0.000000235. The number of nitrogens with zero attached hydrogens (tertiary/aromatic N) is 5. The minimum Gasteiger partial charge on any atom is -0.303 e. The molecular formula is C37H75N5. The van der Waals surface area contributed by atoms with Gasteiger partial charge in [-0.05, 0) is 168 Å². The van der Waals surface area contributed by atoms with Gasteiger partial charge in [0, 0.05) is 30.7 Å². The summed E-state index contributed by atoms with van der Waals surface area (Å²) in [5, 5.41) is 0. The van der Waals surface area contributed by atoms with Crippen molar-refractivity contribution >= 4 is 0 Å². The van der Waals surface area contributed by atoms with Crippen LogP contribution < -0.4 is 0 Å². The van der Waals surface area contributed by atoms with Crippen molar-refractivity contribution in [3.63, 3.8) is 0 Å². The van der Waals surface area contributed by atoms with E-state index >= 15 is 0 Å². The third kappa shape index (κ3) is 12.7. The highest BCUT2D eigenvalue weighted by Crippen LogP contribution is 2.26. The Kier molecular flexibility index (Phi) is 16.7. The van der Waals surface area contributed by atoms with Crippen LogP contribution in [0.1, 0.15) is 126 Å². The van der Waals surface area contributed by atoms with Gasteiger partial charge in [-0.2, -0.15) is 0 Å². The summed E-state index contributed by atoms with van der Waals surface area (Å²) in [6.45, 7) is 29.7. The van der Waals surface area contributed by atoms with Crippen LogP contribution in [0, 0.1) is 17.8 Å². The van der Waals surface area contributed by atoms with Crippen LogP contribution in [0.15, 0.2) is 0 Å². The molecule has 0 aromatic carbocycles. The van der Waals surface area contributed by atoms with E-state index < -0.39 is 0 Å². The molecule has 42 heavy (non-hydrogen) atoms.